The van der Waals surface area contributed by atoms with E-state index in [4.69, 9.17) is 4.74 Å². The van der Waals surface area contributed by atoms with Crippen LogP contribution in [0.4, 0.5) is 0 Å². The molecule has 0 fully saturated rings. The summed E-state index contributed by atoms with van der Waals surface area (Å²) >= 11 is 0. The van der Waals surface area contributed by atoms with Crippen LogP contribution in [-0.4, -0.2) is 39.9 Å². The summed E-state index contributed by atoms with van der Waals surface area (Å²) < 4.78 is 5.62. The number of amides is 1. The Kier molecular flexibility index (Phi) is 6.05. The summed E-state index contributed by atoms with van der Waals surface area (Å²) in [6.45, 7) is -0.217. The molecule has 0 spiro atoms. The number of fused-ring (bicyclic) bond motifs is 1. The molecule has 2 aromatic carbocycles. The summed E-state index contributed by atoms with van der Waals surface area (Å²) in [6, 6.07) is 16.1. The molecule has 31 heavy (non-hydrogen) atoms. The fourth-order valence-electron chi connectivity index (χ4n) is 3.42. The maximum absolute atomic E-state index is 13.1. The summed E-state index contributed by atoms with van der Waals surface area (Å²) in [5.74, 6) is 0.0735. The standard InChI is InChI=1S/C24H22N4O3/c1-31-23-18(24(30)26-21(15-29)17-7-3-2-4-8-17)10-12-20-22(23)19(27-28-20)11-9-16-6-5-13-25-14-16/h2-14,21,29H,15H2,1H3,(H,26,30)(H,27,28). The van der Waals surface area contributed by atoms with E-state index in [2.05, 4.69) is 20.5 Å². The SMILES string of the molecule is COc1c(C(=O)NC(CO)c2ccccc2)ccc2[nH]nc(C=Cc3cccnc3)c12. The highest BCUT2D eigenvalue weighted by Crippen LogP contribution is 2.32. The molecule has 0 saturated carbocycles. The Morgan fingerprint density at radius 3 is 2.71 bits per heavy atom. The second-order valence-corrected chi connectivity index (χ2v) is 6.92. The number of nitrogens with zero attached hydrogens (tertiary/aromatic N) is 2. The Hall–Kier alpha value is -3.97. The van der Waals surface area contributed by atoms with E-state index in [1.165, 1.54) is 7.11 Å². The number of benzene rings is 2. The average Bonchev–Trinajstić information content (AvgIpc) is 3.25. The van der Waals surface area contributed by atoms with E-state index in [1.807, 2.05) is 54.6 Å². The molecule has 0 saturated heterocycles. The number of aromatic amines is 1. The van der Waals surface area contributed by atoms with E-state index < -0.39 is 6.04 Å². The van der Waals surface area contributed by atoms with Crippen molar-refractivity contribution < 1.29 is 14.6 Å². The third-order valence-electron chi connectivity index (χ3n) is 4.97. The second-order valence-electron chi connectivity index (χ2n) is 6.92. The van der Waals surface area contributed by atoms with Crippen molar-refractivity contribution in [3.05, 3.63) is 89.4 Å². The quantitative estimate of drug-likeness (QED) is 0.429. The fraction of sp³-hybridized carbons (Fsp3) is 0.125. The molecular weight excluding hydrogens is 392 g/mol. The molecule has 2 aromatic heterocycles. The fourth-order valence-corrected chi connectivity index (χ4v) is 3.42. The lowest BCUT2D eigenvalue weighted by Gasteiger charge is -2.18. The first-order chi connectivity index (χ1) is 15.2. The average molecular weight is 414 g/mol. The van der Waals surface area contributed by atoms with Gasteiger partial charge in [0.05, 0.1) is 41.9 Å². The first-order valence-electron chi connectivity index (χ1n) is 9.81. The van der Waals surface area contributed by atoms with Gasteiger partial charge >= 0.3 is 0 Å². The number of hydrogen-bond acceptors (Lipinski definition) is 5. The first kappa shape index (κ1) is 20.3. The summed E-state index contributed by atoms with van der Waals surface area (Å²) in [5.41, 5.74) is 3.51. The van der Waals surface area contributed by atoms with Crippen LogP contribution in [0.25, 0.3) is 23.1 Å². The molecule has 0 radical (unpaired) electrons. The lowest BCUT2D eigenvalue weighted by molar-refractivity contribution is 0.0913. The van der Waals surface area contributed by atoms with Gasteiger partial charge in [-0.05, 0) is 35.4 Å². The van der Waals surface area contributed by atoms with Crippen LogP contribution in [-0.2, 0) is 0 Å². The van der Waals surface area contributed by atoms with E-state index in [1.54, 1.807) is 24.5 Å². The number of aromatic nitrogens is 3. The van der Waals surface area contributed by atoms with Crippen LogP contribution in [0.5, 0.6) is 5.75 Å². The summed E-state index contributed by atoms with van der Waals surface area (Å²) in [6.07, 6.45) is 7.21. The zero-order valence-corrected chi connectivity index (χ0v) is 16.9. The maximum atomic E-state index is 13.1. The van der Waals surface area contributed by atoms with Crippen molar-refractivity contribution in [2.24, 2.45) is 0 Å². The number of ether oxygens (including phenoxy) is 1. The second kappa shape index (κ2) is 9.23. The molecular formula is C24H22N4O3. The number of carbonyl (C=O) groups excluding carboxylic acids is 1. The van der Waals surface area contributed by atoms with Gasteiger partial charge in [-0.15, -0.1) is 0 Å². The van der Waals surface area contributed by atoms with Crippen LogP contribution in [0, 0.1) is 0 Å². The molecule has 4 rings (SSSR count). The number of hydrogen-bond donors (Lipinski definition) is 3. The highest BCUT2D eigenvalue weighted by atomic mass is 16.5. The van der Waals surface area contributed by atoms with Crippen LogP contribution in [0.15, 0.2) is 67.0 Å². The van der Waals surface area contributed by atoms with Crippen molar-refractivity contribution in [1.29, 1.82) is 0 Å². The molecule has 0 aliphatic heterocycles. The molecule has 4 aromatic rings. The Bertz CT molecular complexity index is 1200. The molecule has 0 aliphatic rings. The lowest BCUT2D eigenvalue weighted by atomic mass is 10.0. The number of H-pyrrole nitrogens is 1. The van der Waals surface area contributed by atoms with Gasteiger partial charge in [-0.25, -0.2) is 0 Å². The zero-order chi connectivity index (χ0) is 21.6. The number of pyridine rings is 1. The number of aliphatic hydroxyl groups excluding tert-OH is 1. The van der Waals surface area contributed by atoms with E-state index >= 15 is 0 Å². The van der Waals surface area contributed by atoms with Crippen molar-refractivity contribution >= 4 is 29.0 Å². The minimum absolute atomic E-state index is 0.217. The largest absolute Gasteiger partial charge is 0.495 e. The highest BCUT2D eigenvalue weighted by molar-refractivity contribution is 6.05. The predicted molar refractivity (Wildman–Crippen MR) is 120 cm³/mol. The van der Waals surface area contributed by atoms with Crippen molar-refractivity contribution in [3.63, 3.8) is 0 Å². The molecule has 0 bridgehead atoms. The number of methoxy groups -OCH3 is 1. The molecule has 156 valence electrons. The van der Waals surface area contributed by atoms with Gasteiger partial charge in [0, 0.05) is 12.4 Å². The van der Waals surface area contributed by atoms with Crippen molar-refractivity contribution in [3.8, 4) is 5.75 Å². The van der Waals surface area contributed by atoms with Gasteiger partial charge in [-0.2, -0.15) is 5.10 Å². The molecule has 0 aliphatic carbocycles. The van der Waals surface area contributed by atoms with Gasteiger partial charge in [0.15, 0.2) is 0 Å². The van der Waals surface area contributed by atoms with Crippen LogP contribution in [0.1, 0.15) is 33.2 Å². The minimum Gasteiger partial charge on any atom is -0.495 e. The molecule has 7 heteroatoms. The summed E-state index contributed by atoms with van der Waals surface area (Å²) in [5, 5.41) is 20.7. The Morgan fingerprint density at radius 1 is 1.16 bits per heavy atom. The molecule has 1 unspecified atom stereocenters. The van der Waals surface area contributed by atoms with Gasteiger partial charge < -0.3 is 15.2 Å². The van der Waals surface area contributed by atoms with Gasteiger partial charge in [0.1, 0.15) is 5.75 Å². The monoisotopic (exact) mass is 414 g/mol. The number of nitrogens with one attached hydrogen (secondary N) is 2. The molecule has 7 nitrogen and oxygen atoms in total. The maximum Gasteiger partial charge on any atom is 0.255 e. The van der Waals surface area contributed by atoms with Crippen molar-refractivity contribution in [2.75, 3.05) is 13.7 Å². The number of carbonyl (C=O) groups is 1. The van der Waals surface area contributed by atoms with E-state index in [0.29, 0.717) is 22.4 Å². The molecule has 1 atom stereocenters. The first-order valence-corrected chi connectivity index (χ1v) is 9.81. The normalized spacial score (nSPS) is 12.2. The van der Waals surface area contributed by atoms with E-state index in [-0.39, 0.29) is 12.5 Å². The molecule has 2 heterocycles. The van der Waals surface area contributed by atoms with Gasteiger partial charge in [-0.1, -0.05) is 42.5 Å². The van der Waals surface area contributed by atoms with Gasteiger partial charge in [-0.3, -0.25) is 14.9 Å². The Morgan fingerprint density at radius 2 is 2.00 bits per heavy atom. The molecule has 1 amide bonds. The van der Waals surface area contributed by atoms with Gasteiger partial charge in [0.2, 0.25) is 0 Å². The smallest absolute Gasteiger partial charge is 0.255 e. The highest BCUT2D eigenvalue weighted by Gasteiger charge is 2.21. The number of aliphatic hydroxyl groups is 1. The van der Waals surface area contributed by atoms with Crippen LogP contribution in [0.2, 0.25) is 0 Å². The van der Waals surface area contributed by atoms with E-state index in [0.717, 1.165) is 16.6 Å². The van der Waals surface area contributed by atoms with Crippen LogP contribution >= 0.6 is 0 Å². The Balaban J connectivity index is 1.68. The predicted octanol–water partition coefficient (Wildman–Crippen LogP) is 3.60. The van der Waals surface area contributed by atoms with Crippen molar-refractivity contribution in [2.45, 2.75) is 6.04 Å². The zero-order valence-electron chi connectivity index (χ0n) is 16.9. The van der Waals surface area contributed by atoms with Crippen LogP contribution in [0.3, 0.4) is 0 Å². The lowest BCUT2D eigenvalue weighted by Crippen LogP contribution is -2.31. The Labute approximate surface area is 179 Å². The van der Waals surface area contributed by atoms with Crippen molar-refractivity contribution in [1.82, 2.24) is 20.5 Å². The third-order valence-corrected chi connectivity index (χ3v) is 4.97. The molecule has 3 N–H and O–H groups in total. The van der Waals surface area contributed by atoms with Gasteiger partial charge in [0.25, 0.3) is 5.91 Å². The topological polar surface area (TPSA) is 100 Å². The van der Waals surface area contributed by atoms with Crippen LogP contribution < -0.4 is 10.1 Å². The number of rotatable bonds is 7. The summed E-state index contributed by atoms with van der Waals surface area (Å²) in [7, 11) is 1.52. The van der Waals surface area contributed by atoms with E-state index in [9.17, 15) is 9.90 Å². The third kappa shape index (κ3) is 4.31. The minimum atomic E-state index is -0.525. The summed E-state index contributed by atoms with van der Waals surface area (Å²) in [4.78, 5) is 17.2.